The van der Waals surface area contributed by atoms with E-state index in [0.717, 1.165) is 25.9 Å². The van der Waals surface area contributed by atoms with Gasteiger partial charge in [-0.05, 0) is 25.3 Å². The molecule has 100 valence electrons. The molecule has 5 nitrogen and oxygen atoms in total. The molecule has 1 saturated heterocycles. The third-order valence-corrected chi connectivity index (χ3v) is 3.07. The van der Waals surface area contributed by atoms with E-state index in [9.17, 15) is 0 Å². The average molecular weight is 251 g/mol. The molecule has 1 aliphatic heterocycles. The van der Waals surface area contributed by atoms with Gasteiger partial charge in [0.15, 0.2) is 0 Å². The van der Waals surface area contributed by atoms with Gasteiger partial charge in [0.05, 0.1) is 19.0 Å². The Morgan fingerprint density at radius 1 is 1.39 bits per heavy atom. The molecule has 0 bridgehead atoms. The molecule has 1 aromatic rings. The van der Waals surface area contributed by atoms with Crippen LogP contribution in [0.25, 0.3) is 0 Å². The zero-order valence-electron chi connectivity index (χ0n) is 11.1. The van der Waals surface area contributed by atoms with Crippen molar-refractivity contribution in [3.8, 4) is 11.8 Å². The van der Waals surface area contributed by atoms with Crippen LogP contribution in [0.15, 0.2) is 12.4 Å². The van der Waals surface area contributed by atoms with Gasteiger partial charge in [0.25, 0.3) is 0 Å². The Kier molecular flexibility index (Phi) is 4.75. The van der Waals surface area contributed by atoms with Crippen LogP contribution in [0.4, 0.5) is 0 Å². The third kappa shape index (κ3) is 3.57. The summed E-state index contributed by atoms with van der Waals surface area (Å²) in [5.41, 5.74) is 0. The summed E-state index contributed by atoms with van der Waals surface area (Å²) in [4.78, 5) is 8.40. The molecule has 2 heterocycles. The van der Waals surface area contributed by atoms with Crippen LogP contribution in [-0.4, -0.2) is 35.8 Å². The molecule has 1 aliphatic rings. The second kappa shape index (κ2) is 6.54. The van der Waals surface area contributed by atoms with E-state index in [1.165, 1.54) is 0 Å². The van der Waals surface area contributed by atoms with Crippen LogP contribution in [-0.2, 0) is 0 Å². The normalized spacial score (nSPS) is 23.7. The lowest BCUT2D eigenvalue weighted by Gasteiger charge is -2.29. The van der Waals surface area contributed by atoms with E-state index in [0.29, 0.717) is 24.3 Å². The summed E-state index contributed by atoms with van der Waals surface area (Å²) in [5, 5.41) is 3.33. The number of ether oxygens (including phenoxy) is 2. The van der Waals surface area contributed by atoms with Crippen LogP contribution < -0.4 is 14.8 Å². The van der Waals surface area contributed by atoms with Crippen molar-refractivity contribution < 1.29 is 9.47 Å². The van der Waals surface area contributed by atoms with Crippen molar-refractivity contribution in [2.75, 3.05) is 19.7 Å². The molecule has 5 heteroatoms. The molecule has 2 atom stereocenters. The Hall–Kier alpha value is -1.36. The van der Waals surface area contributed by atoms with Gasteiger partial charge >= 0.3 is 0 Å². The van der Waals surface area contributed by atoms with Gasteiger partial charge in [0, 0.05) is 6.54 Å². The standard InChI is InChI=1S/C13H21N3O2/c1-3-6-17-12-8-15-9-13(16-12)18-11-7-14-5-4-10(11)2/h8-11,14H,3-7H2,1-2H3. The maximum atomic E-state index is 5.87. The van der Waals surface area contributed by atoms with Crippen molar-refractivity contribution in [3.05, 3.63) is 12.4 Å². The monoisotopic (exact) mass is 251 g/mol. The minimum absolute atomic E-state index is 0.162. The summed E-state index contributed by atoms with van der Waals surface area (Å²) in [7, 11) is 0. The zero-order valence-corrected chi connectivity index (χ0v) is 11.1. The van der Waals surface area contributed by atoms with Gasteiger partial charge in [-0.25, -0.2) is 0 Å². The van der Waals surface area contributed by atoms with E-state index < -0.39 is 0 Å². The van der Waals surface area contributed by atoms with E-state index in [1.54, 1.807) is 12.4 Å². The topological polar surface area (TPSA) is 56.3 Å². The van der Waals surface area contributed by atoms with Gasteiger partial charge < -0.3 is 14.8 Å². The number of hydrogen-bond acceptors (Lipinski definition) is 5. The molecule has 1 N–H and O–H groups in total. The third-order valence-electron chi connectivity index (χ3n) is 3.07. The smallest absolute Gasteiger partial charge is 0.235 e. The van der Waals surface area contributed by atoms with Crippen molar-refractivity contribution in [1.29, 1.82) is 0 Å². The highest BCUT2D eigenvalue weighted by atomic mass is 16.5. The number of nitrogens with one attached hydrogen (secondary N) is 1. The molecular weight excluding hydrogens is 230 g/mol. The Labute approximate surface area is 108 Å². The highest BCUT2D eigenvalue weighted by Crippen LogP contribution is 2.19. The Bertz CT molecular complexity index is 373. The SMILES string of the molecule is CCCOc1cncc(OC2CNCCC2C)n1. The van der Waals surface area contributed by atoms with Gasteiger partial charge in [0.2, 0.25) is 11.8 Å². The van der Waals surface area contributed by atoms with Gasteiger partial charge in [0.1, 0.15) is 6.10 Å². The lowest BCUT2D eigenvalue weighted by Crippen LogP contribution is -2.43. The fourth-order valence-corrected chi connectivity index (χ4v) is 1.94. The Morgan fingerprint density at radius 3 is 3.00 bits per heavy atom. The van der Waals surface area contributed by atoms with Crippen LogP contribution in [0.5, 0.6) is 11.8 Å². The van der Waals surface area contributed by atoms with Crippen LogP contribution in [0.1, 0.15) is 26.7 Å². The lowest BCUT2D eigenvalue weighted by molar-refractivity contribution is 0.108. The second-order valence-corrected chi connectivity index (χ2v) is 4.67. The highest BCUT2D eigenvalue weighted by Gasteiger charge is 2.23. The van der Waals surface area contributed by atoms with E-state index in [2.05, 4.69) is 29.1 Å². The molecule has 0 radical (unpaired) electrons. The highest BCUT2D eigenvalue weighted by molar-refractivity contribution is 5.13. The van der Waals surface area contributed by atoms with Crippen LogP contribution in [0, 0.1) is 5.92 Å². The van der Waals surface area contributed by atoms with Gasteiger partial charge in [-0.1, -0.05) is 13.8 Å². The first-order valence-electron chi connectivity index (χ1n) is 6.61. The molecule has 0 aromatic carbocycles. The molecule has 0 saturated carbocycles. The Morgan fingerprint density at radius 2 is 2.22 bits per heavy atom. The molecule has 2 unspecified atom stereocenters. The zero-order chi connectivity index (χ0) is 12.8. The van der Waals surface area contributed by atoms with Crippen molar-refractivity contribution in [1.82, 2.24) is 15.3 Å². The summed E-state index contributed by atoms with van der Waals surface area (Å²) >= 11 is 0. The van der Waals surface area contributed by atoms with Crippen molar-refractivity contribution in [2.45, 2.75) is 32.8 Å². The largest absolute Gasteiger partial charge is 0.477 e. The minimum Gasteiger partial charge on any atom is -0.477 e. The fraction of sp³-hybridized carbons (Fsp3) is 0.692. The second-order valence-electron chi connectivity index (χ2n) is 4.67. The summed E-state index contributed by atoms with van der Waals surface area (Å²) in [6.45, 7) is 6.84. The lowest BCUT2D eigenvalue weighted by atomic mass is 9.97. The molecule has 0 aliphatic carbocycles. The first-order valence-corrected chi connectivity index (χ1v) is 6.61. The molecule has 0 amide bonds. The molecule has 18 heavy (non-hydrogen) atoms. The van der Waals surface area contributed by atoms with Crippen molar-refractivity contribution in [3.63, 3.8) is 0 Å². The van der Waals surface area contributed by atoms with Crippen LogP contribution >= 0.6 is 0 Å². The quantitative estimate of drug-likeness (QED) is 0.862. The molecule has 0 spiro atoms. The van der Waals surface area contributed by atoms with E-state index in [1.807, 2.05) is 0 Å². The van der Waals surface area contributed by atoms with E-state index in [-0.39, 0.29) is 6.10 Å². The number of nitrogens with zero attached hydrogens (tertiary/aromatic N) is 2. The maximum Gasteiger partial charge on any atom is 0.235 e. The van der Waals surface area contributed by atoms with Gasteiger partial charge in [-0.2, -0.15) is 4.98 Å². The predicted molar refractivity (Wildman–Crippen MR) is 68.9 cm³/mol. The first-order chi connectivity index (χ1) is 8.79. The average Bonchev–Trinajstić information content (AvgIpc) is 2.40. The fourth-order valence-electron chi connectivity index (χ4n) is 1.94. The molecule has 1 fully saturated rings. The number of aromatic nitrogens is 2. The summed E-state index contributed by atoms with van der Waals surface area (Å²) in [6.07, 6.45) is 5.50. The first kappa shape index (κ1) is 13.1. The number of piperidine rings is 1. The van der Waals surface area contributed by atoms with E-state index in [4.69, 9.17) is 9.47 Å². The van der Waals surface area contributed by atoms with Crippen molar-refractivity contribution >= 4 is 0 Å². The molecule has 2 rings (SSSR count). The summed E-state index contributed by atoms with van der Waals surface area (Å²) < 4.78 is 11.3. The maximum absolute atomic E-state index is 5.87. The van der Waals surface area contributed by atoms with Crippen LogP contribution in [0.3, 0.4) is 0 Å². The predicted octanol–water partition coefficient (Wildman–Crippen LogP) is 1.64. The number of hydrogen-bond donors (Lipinski definition) is 1. The summed E-state index contributed by atoms with van der Waals surface area (Å²) in [5.74, 6) is 1.61. The van der Waals surface area contributed by atoms with Crippen LogP contribution in [0.2, 0.25) is 0 Å². The Balaban J connectivity index is 1.95. The minimum atomic E-state index is 0.162. The summed E-state index contributed by atoms with van der Waals surface area (Å²) in [6, 6.07) is 0. The molecular formula is C13H21N3O2. The van der Waals surface area contributed by atoms with Gasteiger partial charge in [-0.15, -0.1) is 0 Å². The van der Waals surface area contributed by atoms with E-state index >= 15 is 0 Å². The van der Waals surface area contributed by atoms with Crippen molar-refractivity contribution in [2.24, 2.45) is 5.92 Å². The number of rotatable bonds is 5. The molecule has 1 aromatic heterocycles. The van der Waals surface area contributed by atoms with Gasteiger partial charge in [-0.3, -0.25) is 4.98 Å².